The number of carboxylic acids is 1. The summed E-state index contributed by atoms with van der Waals surface area (Å²) in [5, 5.41) is 9.07. The number of carbonyl (C=O) groups is 1. The van der Waals surface area contributed by atoms with Crippen LogP contribution in [-0.4, -0.2) is 22.8 Å². The van der Waals surface area contributed by atoms with Crippen LogP contribution in [0, 0.1) is 0 Å². The Morgan fingerprint density at radius 1 is 0.958 bits per heavy atom. The van der Waals surface area contributed by atoms with Gasteiger partial charge >= 0.3 is 11.9 Å². The lowest BCUT2D eigenvalue weighted by Crippen LogP contribution is -2.27. The first kappa shape index (κ1) is 21.2. The molecule has 2 nitrogen and oxygen atoms in total. The third kappa shape index (κ3) is 9.48. The average molecular weight is 379 g/mol. The predicted molar refractivity (Wildman–Crippen MR) is 96.3 cm³/mol. The minimum atomic E-state index is -3.57. The summed E-state index contributed by atoms with van der Waals surface area (Å²) in [7, 11) is 0. The molecular weight excluding hydrogens is 354 g/mol. The fourth-order valence-corrected chi connectivity index (χ4v) is 3.38. The topological polar surface area (TPSA) is 37.3 Å². The molecule has 0 aromatic heterocycles. The van der Waals surface area contributed by atoms with E-state index in [1.54, 1.807) is 0 Å². The van der Waals surface area contributed by atoms with Gasteiger partial charge in [-0.15, -0.1) is 11.8 Å². The highest BCUT2D eigenvalue weighted by Crippen LogP contribution is 2.23. The van der Waals surface area contributed by atoms with Gasteiger partial charge in [-0.25, -0.2) is 4.79 Å². The van der Waals surface area contributed by atoms with E-state index >= 15 is 0 Å². The van der Waals surface area contributed by atoms with Crippen molar-refractivity contribution in [2.75, 3.05) is 5.75 Å². The highest BCUT2D eigenvalue weighted by atomic mass is 35.5. The molecule has 0 aliphatic heterocycles. The molecule has 0 aliphatic carbocycles. The van der Waals surface area contributed by atoms with Crippen LogP contribution >= 0.6 is 23.4 Å². The average Bonchev–Trinajstić information content (AvgIpc) is 2.54. The molecule has 0 radical (unpaired) electrons. The fraction of sp³-hybridized carbons (Fsp3) is 0.611. The summed E-state index contributed by atoms with van der Waals surface area (Å²) in [5.41, 5.74) is 0. The molecular formula is C18H25ClF2O2S. The Bertz CT molecular complexity index is 480. The molecule has 1 N–H and O–H groups in total. The van der Waals surface area contributed by atoms with Crippen molar-refractivity contribution < 1.29 is 18.7 Å². The molecule has 0 fully saturated rings. The van der Waals surface area contributed by atoms with E-state index in [-0.39, 0.29) is 6.42 Å². The van der Waals surface area contributed by atoms with Crippen molar-refractivity contribution in [1.29, 1.82) is 0 Å². The zero-order valence-corrected chi connectivity index (χ0v) is 15.4. The number of hydrogen-bond acceptors (Lipinski definition) is 2. The van der Waals surface area contributed by atoms with Crippen LogP contribution in [0.2, 0.25) is 5.02 Å². The van der Waals surface area contributed by atoms with Crippen molar-refractivity contribution in [3.63, 3.8) is 0 Å². The Labute approximate surface area is 152 Å². The summed E-state index contributed by atoms with van der Waals surface area (Å²) in [5.74, 6) is -4.49. The molecule has 0 bridgehead atoms. The van der Waals surface area contributed by atoms with Crippen molar-refractivity contribution in [3.05, 3.63) is 29.3 Å². The highest BCUT2D eigenvalue weighted by Gasteiger charge is 2.37. The molecule has 0 spiro atoms. The maximum Gasteiger partial charge on any atom is 0.374 e. The van der Waals surface area contributed by atoms with Crippen LogP contribution in [0.3, 0.4) is 0 Å². The van der Waals surface area contributed by atoms with E-state index < -0.39 is 18.3 Å². The quantitative estimate of drug-likeness (QED) is 0.308. The highest BCUT2D eigenvalue weighted by molar-refractivity contribution is 7.99. The van der Waals surface area contributed by atoms with Gasteiger partial charge in [0.15, 0.2) is 0 Å². The van der Waals surface area contributed by atoms with E-state index in [1.807, 2.05) is 36.0 Å². The first-order valence-corrected chi connectivity index (χ1v) is 9.78. The monoisotopic (exact) mass is 378 g/mol. The third-order valence-corrected chi connectivity index (χ3v) is 5.13. The Balaban J connectivity index is 1.89. The van der Waals surface area contributed by atoms with E-state index in [0.29, 0.717) is 6.42 Å². The first-order chi connectivity index (χ1) is 11.4. The second kappa shape index (κ2) is 11.7. The van der Waals surface area contributed by atoms with E-state index in [0.717, 1.165) is 42.9 Å². The minimum absolute atomic E-state index is 0.275. The van der Waals surface area contributed by atoms with Crippen LogP contribution in [-0.2, 0) is 4.79 Å². The van der Waals surface area contributed by atoms with Crippen LogP contribution in [0.15, 0.2) is 29.2 Å². The Kier molecular flexibility index (Phi) is 10.3. The Morgan fingerprint density at radius 3 is 2.00 bits per heavy atom. The maximum absolute atomic E-state index is 12.8. The number of hydrogen-bond donors (Lipinski definition) is 1. The standard InChI is InChI=1S/C18H25ClF2O2S/c19-15-9-11-16(12-10-15)24-14-8-6-4-2-1-3-5-7-13-18(20,21)17(22)23/h9-12H,1-8,13-14H2,(H,22,23). The van der Waals surface area contributed by atoms with Gasteiger partial charge in [-0.3, -0.25) is 0 Å². The van der Waals surface area contributed by atoms with Crippen LogP contribution < -0.4 is 0 Å². The van der Waals surface area contributed by atoms with Crippen molar-refractivity contribution >= 4 is 29.3 Å². The molecule has 0 saturated heterocycles. The third-order valence-electron chi connectivity index (χ3n) is 3.78. The van der Waals surface area contributed by atoms with E-state index in [1.165, 1.54) is 11.3 Å². The van der Waals surface area contributed by atoms with Crippen molar-refractivity contribution in [1.82, 2.24) is 0 Å². The Hall–Kier alpha value is -0.810. The lowest BCUT2D eigenvalue weighted by Gasteiger charge is -2.10. The lowest BCUT2D eigenvalue weighted by molar-refractivity contribution is -0.165. The normalized spacial score (nSPS) is 11.6. The molecule has 136 valence electrons. The van der Waals surface area contributed by atoms with Crippen LogP contribution in [0.1, 0.15) is 57.8 Å². The summed E-state index contributed by atoms with van der Waals surface area (Å²) >= 11 is 7.67. The number of unbranched alkanes of at least 4 members (excludes halogenated alkanes) is 7. The molecule has 1 aromatic carbocycles. The summed E-state index contributed by atoms with van der Waals surface area (Å²) in [4.78, 5) is 11.5. The molecule has 1 rings (SSSR count). The number of halogens is 3. The second-order valence-corrected chi connectivity index (χ2v) is 7.50. The van der Waals surface area contributed by atoms with Crippen LogP contribution in [0.5, 0.6) is 0 Å². The molecule has 0 aliphatic rings. The number of rotatable bonds is 13. The SMILES string of the molecule is O=C(O)C(F)(F)CCCCCCCCCCSc1ccc(Cl)cc1. The molecule has 0 saturated carbocycles. The van der Waals surface area contributed by atoms with Crippen molar-refractivity contribution in [2.24, 2.45) is 0 Å². The van der Waals surface area contributed by atoms with Crippen molar-refractivity contribution in [2.45, 2.75) is 68.6 Å². The summed E-state index contributed by atoms with van der Waals surface area (Å²) < 4.78 is 25.7. The number of thioether (sulfide) groups is 1. The summed E-state index contributed by atoms with van der Waals surface area (Å²) in [6.45, 7) is 0. The maximum atomic E-state index is 12.8. The van der Waals surface area contributed by atoms with E-state index in [9.17, 15) is 13.6 Å². The molecule has 6 heteroatoms. The molecule has 1 aromatic rings. The van der Waals surface area contributed by atoms with Gasteiger partial charge in [-0.2, -0.15) is 8.78 Å². The Morgan fingerprint density at radius 2 is 1.46 bits per heavy atom. The fourth-order valence-electron chi connectivity index (χ4n) is 2.34. The largest absolute Gasteiger partial charge is 0.477 e. The lowest BCUT2D eigenvalue weighted by atomic mass is 10.1. The van der Waals surface area contributed by atoms with Gasteiger partial charge in [-0.1, -0.05) is 50.1 Å². The molecule has 0 unspecified atom stereocenters. The molecule has 0 amide bonds. The van der Waals surface area contributed by atoms with E-state index in [4.69, 9.17) is 16.7 Å². The van der Waals surface area contributed by atoms with Crippen LogP contribution in [0.25, 0.3) is 0 Å². The smallest absolute Gasteiger partial charge is 0.374 e. The van der Waals surface area contributed by atoms with Crippen LogP contribution in [0.4, 0.5) is 8.78 Å². The van der Waals surface area contributed by atoms with Gasteiger partial charge in [0.25, 0.3) is 0 Å². The zero-order valence-electron chi connectivity index (χ0n) is 13.8. The number of aliphatic carboxylic acids is 1. The molecule has 0 heterocycles. The first-order valence-electron chi connectivity index (χ1n) is 8.41. The molecule has 0 atom stereocenters. The van der Waals surface area contributed by atoms with Gasteiger partial charge in [0.2, 0.25) is 0 Å². The summed E-state index contributed by atoms with van der Waals surface area (Å²) in [6.07, 6.45) is 6.94. The molecule has 24 heavy (non-hydrogen) atoms. The van der Waals surface area contributed by atoms with Gasteiger partial charge in [-0.05, 0) is 42.9 Å². The second-order valence-electron chi connectivity index (χ2n) is 5.89. The van der Waals surface area contributed by atoms with Gasteiger partial charge < -0.3 is 5.11 Å². The predicted octanol–water partition coefficient (Wildman–Crippen LogP) is 6.66. The summed E-state index contributed by atoms with van der Waals surface area (Å²) in [6, 6.07) is 7.86. The minimum Gasteiger partial charge on any atom is -0.477 e. The van der Waals surface area contributed by atoms with Crippen molar-refractivity contribution in [3.8, 4) is 0 Å². The van der Waals surface area contributed by atoms with Gasteiger partial charge in [0.1, 0.15) is 0 Å². The zero-order chi connectivity index (χ0) is 17.8. The number of alkyl halides is 2. The van der Waals surface area contributed by atoms with Gasteiger partial charge in [0.05, 0.1) is 0 Å². The van der Waals surface area contributed by atoms with Gasteiger partial charge in [0, 0.05) is 16.3 Å². The number of carboxylic acid groups (broad SMARTS) is 1. The number of benzene rings is 1. The van der Waals surface area contributed by atoms with E-state index in [2.05, 4.69) is 0 Å².